The Morgan fingerprint density at radius 3 is 2.11 bits per heavy atom. The lowest BCUT2D eigenvalue weighted by Gasteiger charge is -2.22. The van der Waals surface area contributed by atoms with E-state index in [1.54, 1.807) is 0 Å². The fourth-order valence-electron chi connectivity index (χ4n) is 2.46. The van der Waals surface area contributed by atoms with E-state index in [9.17, 15) is 0 Å². The molecular weight excluding hydrogens is 228 g/mol. The first kappa shape index (κ1) is 12.0. The van der Waals surface area contributed by atoms with Crippen LogP contribution in [0.2, 0.25) is 0 Å². The number of hydrogen-bond acceptors (Lipinski definition) is 4. The molecule has 2 heterocycles. The van der Waals surface area contributed by atoms with Crippen LogP contribution in [0.5, 0.6) is 0 Å². The van der Waals surface area contributed by atoms with Gasteiger partial charge in [0.15, 0.2) is 11.8 Å². The van der Waals surface area contributed by atoms with Gasteiger partial charge in [0.25, 0.3) is 0 Å². The molecule has 0 aromatic rings. The normalized spacial score (nSPS) is 33.6. The van der Waals surface area contributed by atoms with E-state index in [0.717, 1.165) is 24.6 Å². The summed E-state index contributed by atoms with van der Waals surface area (Å²) in [6.07, 6.45) is 2.13. The highest BCUT2D eigenvalue weighted by Crippen LogP contribution is 2.51. The van der Waals surface area contributed by atoms with Crippen molar-refractivity contribution in [1.29, 1.82) is 0 Å². The van der Waals surface area contributed by atoms with Crippen molar-refractivity contribution in [3.63, 3.8) is 0 Å². The van der Waals surface area contributed by atoms with Gasteiger partial charge in [0.2, 0.25) is 0 Å². The van der Waals surface area contributed by atoms with Gasteiger partial charge in [-0.15, -0.1) is 0 Å². The molecule has 4 nitrogen and oxygen atoms in total. The molecule has 3 aliphatic rings. The summed E-state index contributed by atoms with van der Waals surface area (Å²) < 4.78 is 11.6. The molecule has 0 aromatic heterocycles. The van der Waals surface area contributed by atoms with Gasteiger partial charge in [0.05, 0.1) is 12.1 Å². The van der Waals surface area contributed by atoms with E-state index in [1.165, 1.54) is 0 Å². The maximum absolute atomic E-state index is 5.86. The summed E-state index contributed by atoms with van der Waals surface area (Å²) in [7, 11) is 0. The second-order valence-electron chi connectivity index (χ2n) is 6.80. The second-order valence-corrected chi connectivity index (χ2v) is 6.80. The Bertz CT molecular complexity index is 416. The predicted octanol–water partition coefficient (Wildman–Crippen LogP) is 2.43. The fraction of sp³-hybridized carbons (Fsp3) is 0.857. The maximum Gasteiger partial charge on any atom is 0.199 e. The molecule has 0 saturated heterocycles. The summed E-state index contributed by atoms with van der Waals surface area (Å²) >= 11 is 0. The molecule has 0 bridgehead atoms. The lowest BCUT2D eigenvalue weighted by atomic mass is 9.88. The molecule has 4 heteroatoms. The zero-order chi connectivity index (χ0) is 13.0. The van der Waals surface area contributed by atoms with Gasteiger partial charge >= 0.3 is 0 Å². The maximum atomic E-state index is 5.86. The summed E-state index contributed by atoms with van der Waals surface area (Å²) in [5.41, 5.74) is 0.0498. The fourth-order valence-corrected chi connectivity index (χ4v) is 2.46. The van der Waals surface area contributed by atoms with Crippen LogP contribution in [-0.4, -0.2) is 37.1 Å². The van der Waals surface area contributed by atoms with Crippen molar-refractivity contribution in [1.82, 2.24) is 0 Å². The molecule has 0 spiro atoms. The third kappa shape index (κ3) is 1.82. The molecule has 0 aromatic carbocycles. The van der Waals surface area contributed by atoms with Crippen molar-refractivity contribution >= 4 is 11.8 Å². The average molecular weight is 250 g/mol. The number of aliphatic imine (C=N–C) groups is 2. The summed E-state index contributed by atoms with van der Waals surface area (Å²) in [6.45, 7) is 10.1. The summed E-state index contributed by atoms with van der Waals surface area (Å²) in [4.78, 5) is 9.38. The van der Waals surface area contributed by atoms with Gasteiger partial charge in [-0.3, -0.25) is 0 Å². The lowest BCUT2D eigenvalue weighted by Crippen LogP contribution is -2.26. The Labute approximate surface area is 108 Å². The lowest BCUT2D eigenvalue weighted by molar-refractivity contribution is 0.228. The predicted molar refractivity (Wildman–Crippen MR) is 71.1 cm³/mol. The summed E-state index contributed by atoms with van der Waals surface area (Å²) in [6, 6.07) is 0.530. The minimum atomic E-state index is -0.106. The van der Waals surface area contributed by atoms with Crippen molar-refractivity contribution in [2.45, 2.75) is 52.6 Å². The molecule has 0 N–H and O–H groups in total. The van der Waals surface area contributed by atoms with Crippen molar-refractivity contribution in [2.24, 2.45) is 20.8 Å². The molecule has 0 unspecified atom stereocenters. The number of ether oxygens (including phenoxy) is 2. The highest BCUT2D eigenvalue weighted by molar-refractivity contribution is 6.09. The Kier molecular flexibility index (Phi) is 2.48. The van der Waals surface area contributed by atoms with Crippen LogP contribution in [-0.2, 0) is 9.47 Å². The standard InChI is InChI=1S/C14H22N2O2/c1-9-7-17-11(15-9)14(5-6-14)12-16-10(8-18-12)13(2,3)4/h9-10H,5-8H2,1-4H3/t9-,10+/m0/s1. The SMILES string of the molecule is C[C@H]1COC(C2(C3=N[C@@H](C(C)(C)C)CO3)CC2)=N1. The first-order chi connectivity index (χ1) is 8.42. The van der Waals surface area contributed by atoms with Crippen LogP contribution in [0.3, 0.4) is 0 Å². The minimum Gasteiger partial charge on any atom is -0.478 e. The molecule has 1 aliphatic carbocycles. The monoisotopic (exact) mass is 250 g/mol. The van der Waals surface area contributed by atoms with Crippen LogP contribution in [0.4, 0.5) is 0 Å². The van der Waals surface area contributed by atoms with Crippen LogP contribution in [0.1, 0.15) is 40.5 Å². The van der Waals surface area contributed by atoms with Crippen molar-refractivity contribution in [3.8, 4) is 0 Å². The van der Waals surface area contributed by atoms with E-state index in [4.69, 9.17) is 14.5 Å². The van der Waals surface area contributed by atoms with Crippen LogP contribution in [0.25, 0.3) is 0 Å². The first-order valence-corrected chi connectivity index (χ1v) is 6.84. The van der Waals surface area contributed by atoms with Gasteiger partial charge in [-0.1, -0.05) is 20.8 Å². The molecule has 2 atom stereocenters. The Morgan fingerprint density at radius 1 is 1.06 bits per heavy atom. The highest BCUT2D eigenvalue weighted by atomic mass is 16.5. The summed E-state index contributed by atoms with van der Waals surface area (Å²) in [5.74, 6) is 1.73. The van der Waals surface area contributed by atoms with Gasteiger partial charge < -0.3 is 9.47 Å². The Morgan fingerprint density at radius 2 is 1.67 bits per heavy atom. The smallest absolute Gasteiger partial charge is 0.199 e. The topological polar surface area (TPSA) is 43.2 Å². The zero-order valence-electron chi connectivity index (χ0n) is 11.7. The van der Waals surface area contributed by atoms with Crippen LogP contribution in [0.15, 0.2) is 9.98 Å². The second kappa shape index (κ2) is 3.72. The number of hydrogen-bond donors (Lipinski definition) is 0. The summed E-state index contributed by atoms with van der Waals surface area (Å²) in [5, 5.41) is 0. The molecule has 2 aliphatic heterocycles. The minimum absolute atomic E-state index is 0.106. The third-order valence-electron chi connectivity index (χ3n) is 4.02. The third-order valence-corrected chi connectivity index (χ3v) is 4.02. The van der Waals surface area contributed by atoms with Gasteiger partial charge in [-0.05, 0) is 25.2 Å². The quantitative estimate of drug-likeness (QED) is 0.755. The van der Waals surface area contributed by atoms with E-state index in [2.05, 4.69) is 32.7 Å². The van der Waals surface area contributed by atoms with Crippen LogP contribution >= 0.6 is 0 Å². The number of rotatable bonds is 2. The zero-order valence-corrected chi connectivity index (χ0v) is 11.7. The Hall–Kier alpha value is -1.06. The van der Waals surface area contributed by atoms with Gasteiger partial charge in [-0.2, -0.15) is 0 Å². The molecule has 0 radical (unpaired) electrons. The van der Waals surface area contributed by atoms with E-state index < -0.39 is 0 Å². The van der Waals surface area contributed by atoms with E-state index in [0.29, 0.717) is 13.2 Å². The van der Waals surface area contributed by atoms with Crippen molar-refractivity contribution < 1.29 is 9.47 Å². The van der Waals surface area contributed by atoms with Gasteiger partial charge in [0, 0.05) is 0 Å². The molecule has 1 saturated carbocycles. The highest BCUT2D eigenvalue weighted by Gasteiger charge is 2.58. The van der Waals surface area contributed by atoms with Crippen molar-refractivity contribution in [3.05, 3.63) is 0 Å². The molecular formula is C14H22N2O2. The average Bonchev–Trinajstić information content (AvgIpc) is 2.76. The van der Waals surface area contributed by atoms with E-state index in [1.807, 2.05) is 0 Å². The molecule has 18 heavy (non-hydrogen) atoms. The Balaban J connectivity index is 1.82. The van der Waals surface area contributed by atoms with Gasteiger partial charge in [0.1, 0.15) is 18.6 Å². The van der Waals surface area contributed by atoms with E-state index in [-0.39, 0.29) is 22.9 Å². The number of nitrogens with zero attached hydrogens (tertiary/aromatic N) is 2. The largest absolute Gasteiger partial charge is 0.478 e. The molecule has 0 amide bonds. The van der Waals surface area contributed by atoms with Gasteiger partial charge in [-0.25, -0.2) is 9.98 Å². The molecule has 1 fully saturated rings. The molecule has 100 valence electrons. The van der Waals surface area contributed by atoms with E-state index >= 15 is 0 Å². The first-order valence-electron chi connectivity index (χ1n) is 6.84. The van der Waals surface area contributed by atoms with Crippen molar-refractivity contribution in [2.75, 3.05) is 13.2 Å². The van der Waals surface area contributed by atoms with Crippen LogP contribution in [0, 0.1) is 10.8 Å². The molecule has 3 rings (SSSR count). The van der Waals surface area contributed by atoms with Crippen LogP contribution < -0.4 is 0 Å².